The number of esters is 1. The largest absolute Gasteiger partial charge is 0.493 e. The Kier molecular flexibility index (Phi) is 6.79. The lowest BCUT2D eigenvalue weighted by atomic mass is 9.83. The van der Waals surface area contributed by atoms with Crippen molar-refractivity contribution in [2.45, 2.75) is 25.8 Å². The number of aromatic nitrogens is 1. The van der Waals surface area contributed by atoms with E-state index in [0.29, 0.717) is 24.6 Å². The van der Waals surface area contributed by atoms with Crippen LogP contribution in [0.25, 0.3) is 11.8 Å². The zero-order valence-corrected chi connectivity index (χ0v) is 24.2. The van der Waals surface area contributed by atoms with Crippen LogP contribution in [-0.2, 0) is 11.2 Å². The summed E-state index contributed by atoms with van der Waals surface area (Å²) in [5, 5.41) is 0.645. The van der Waals surface area contributed by atoms with Gasteiger partial charge in [-0.2, -0.15) is 0 Å². The molecule has 39 heavy (non-hydrogen) atoms. The Hall–Kier alpha value is -3.46. The van der Waals surface area contributed by atoms with E-state index in [-0.39, 0.29) is 17.4 Å². The first-order chi connectivity index (χ1) is 18.8. The topological polar surface area (TPSA) is 69.9 Å². The van der Waals surface area contributed by atoms with Crippen LogP contribution in [0.15, 0.2) is 80.5 Å². The van der Waals surface area contributed by atoms with Gasteiger partial charge in [-0.05, 0) is 81.4 Å². The molecule has 2 aliphatic rings. The Bertz CT molecular complexity index is 1860. The van der Waals surface area contributed by atoms with E-state index in [9.17, 15) is 9.59 Å². The summed E-state index contributed by atoms with van der Waals surface area (Å²) in [5.41, 5.74) is 6.04. The van der Waals surface area contributed by atoms with Crippen molar-refractivity contribution in [1.82, 2.24) is 4.57 Å². The maximum atomic E-state index is 14.0. The van der Waals surface area contributed by atoms with Crippen LogP contribution in [0.5, 0.6) is 11.5 Å². The number of thiazole rings is 1. The van der Waals surface area contributed by atoms with Gasteiger partial charge in [-0.1, -0.05) is 59.3 Å². The molecule has 0 fully saturated rings. The van der Waals surface area contributed by atoms with Crippen LogP contribution in [0.1, 0.15) is 41.6 Å². The summed E-state index contributed by atoms with van der Waals surface area (Å²) in [6.45, 7) is 1.33. The minimum atomic E-state index is -0.456. The first kappa shape index (κ1) is 25.8. The molecule has 1 aliphatic heterocycles. The van der Waals surface area contributed by atoms with Crippen molar-refractivity contribution < 1.29 is 14.3 Å². The normalized spacial score (nSPS) is 16.2. The summed E-state index contributed by atoms with van der Waals surface area (Å²) in [7, 11) is 1.50. The Morgan fingerprint density at radius 1 is 1.15 bits per heavy atom. The predicted molar refractivity (Wildman–Crippen MR) is 156 cm³/mol. The van der Waals surface area contributed by atoms with Gasteiger partial charge in [0, 0.05) is 17.5 Å². The molecule has 2 heterocycles. The van der Waals surface area contributed by atoms with Crippen LogP contribution in [-0.4, -0.2) is 17.6 Å². The number of aryl methyl sites for hydroxylation is 1. The number of nitrogens with zero attached hydrogens (tertiary/aromatic N) is 2. The number of rotatable bonds is 4. The highest BCUT2D eigenvalue weighted by Gasteiger charge is 2.32. The van der Waals surface area contributed by atoms with Crippen molar-refractivity contribution >= 4 is 56.6 Å². The van der Waals surface area contributed by atoms with Crippen LogP contribution < -0.4 is 24.4 Å². The van der Waals surface area contributed by atoms with E-state index in [0.717, 1.165) is 40.8 Å². The molecule has 4 aromatic rings. The third-order valence-electron chi connectivity index (χ3n) is 6.85. The van der Waals surface area contributed by atoms with Crippen molar-refractivity contribution in [3.8, 4) is 11.5 Å². The summed E-state index contributed by atoms with van der Waals surface area (Å²) in [5.74, 6) is 0.213. The van der Waals surface area contributed by atoms with Crippen molar-refractivity contribution in [2.75, 3.05) is 7.11 Å². The molecule has 1 atom stereocenters. The zero-order chi connectivity index (χ0) is 27.3. The highest BCUT2D eigenvalue weighted by molar-refractivity contribution is 9.10. The number of methoxy groups -OCH3 is 1. The lowest BCUT2D eigenvalue weighted by Gasteiger charge is -2.30. The molecular weight excluding hydrogens is 600 g/mol. The second-order valence-corrected chi connectivity index (χ2v) is 11.6. The number of carbonyl (C=O) groups is 1. The second kappa shape index (κ2) is 10.3. The number of carbonyl (C=O) groups excluding carboxylic acids is 1. The second-order valence-electron chi connectivity index (χ2n) is 9.29. The average Bonchev–Trinajstić information content (AvgIpc) is 3.23. The van der Waals surface area contributed by atoms with Gasteiger partial charge in [-0.25, -0.2) is 4.99 Å². The van der Waals surface area contributed by atoms with Gasteiger partial charge in [0.1, 0.15) is 0 Å². The fraction of sp³-hybridized carbons (Fsp3) is 0.167. The number of ether oxygens (including phenoxy) is 2. The maximum absolute atomic E-state index is 14.0. The summed E-state index contributed by atoms with van der Waals surface area (Å²) in [6.07, 6.45) is 3.51. The standard InChI is InChI=1S/C30H22BrClN2O4S/c1-16(35)38-28-23(31)13-17(14-24(28)37-2)15-25-29(36)34-27(19-7-10-20(32)11-8-19)22-12-9-18-5-3-4-6-21(18)26(22)33-30(34)39-25/h3-8,10-11,13-15,27H,9,12H2,1-2H3/b25-15+/t27-/m1/s1. The van der Waals surface area contributed by atoms with Gasteiger partial charge in [0.2, 0.25) is 0 Å². The van der Waals surface area contributed by atoms with E-state index in [2.05, 4.69) is 34.1 Å². The van der Waals surface area contributed by atoms with Gasteiger partial charge in [-0.3, -0.25) is 14.2 Å². The molecule has 196 valence electrons. The van der Waals surface area contributed by atoms with Crippen LogP contribution in [0, 0.1) is 0 Å². The number of hydrogen-bond donors (Lipinski definition) is 0. The highest BCUT2D eigenvalue weighted by atomic mass is 79.9. The van der Waals surface area contributed by atoms with E-state index in [4.69, 9.17) is 26.1 Å². The highest BCUT2D eigenvalue weighted by Crippen LogP contribution is 2.41. The Labute approximate surface area is 241 Å². The van der Waals surface area contributed by atoms with E-state index >= 15 is 0 Å². The van der Waals surface area contributed by atoms with Crippen LogP contribution in [0.2, 0.25) is 5.02 Å². The Morgan fingerprint density at radius 3 is 2.67 bits per heavy atom. The first-order valence-electron chi connectivity index (χ1n) is 12.3. The summed E-state index contributed by atoms with van der Waals surface area (Å²) in [4.78, 5) is 31.2. The van der Waals surface area contributed by atoms with Gasteiger partial charge < -0.3 is 9.47 Å². The number of halogens is 2. The molecule has 0 saturated heterocycles. The molecule has 0 unspecified atom stereocenters. The van der Waals surface area contributed by atoms with Gasteiger partial charge in [0.05, 0.1) is 27.9 Å². The van der Waals surface area contributed by atoms with E-state index in [1.807, 2.05) is 36.4 Å². The molecule has 3 aromatic carbocycles. The van der Waals surface area contributed by atoms with E-state index < -0.39 is 5.97 Å². The molecule has 1 aromatic heterocycles. The number of fused-ring (bicyclic) bond motifs is 3. The Morgan fingerprint density at radius 2 is 1.92 bits per heavy atom. The smallest absolute Gasteiger partial charge is 0.308 e. The number of hydrogen-bond acceptors (Lipinski definition) is 6. The molecule has 0 radical (unpaired) electrons. The molecule has 0 saturated carbocycles. The molecule has 0 amide bonds. The molecule has 1 aliphatic carbocycles. The molecule has 6 nitrogen and oxygen atoms in total. The van der Waals surface area contributed by atoms with Crippen molar-refractivity contribution in [3.05, 3.63) is 118 Å². The number of allylic oxidation sites excluding steroid dienone is 1. The maximum Gasteiger partial charge on any atom is 0.308 e. The van der Waals surface area contributed by atoms with Gasteiger partial charge in [0.15, 0.2) is 16.3 Å². The van der Waals surface area contributed by atoms with Crippen molar-refractivity contribution in [1.29, 1.82) is 0 Å². The first-order valence-corrected chi connectivity index (χ1v) is 14.3. The van der Waals surface area contributed by atoms with Gasteiger partial charge in [-0.15, -0.1) is 0 Å². The molecule has 6 rings (SSSR count). The minimum Gasteiger partial charge on any atom is -0.493 e. The molecule has 0 bridgehead atoms. The SMILES string of the molecule is COc1cc(/C=c2/sc3n(c2=O)[C@H](c2ccc(Cl)cc2)C2=C(N=3)c3ccccc3CC2)cc(Br)c1OC(C)=O. The van der Waals surface area contributed by atoms with Crippen molar-refractivity contribution in [2.24, 2.45) is 4.99 Å². The molecular formula is C30H22BrClN2O4S. The van der Waals surface area contributed by atoms with Gasteiger partial charge in [0.25, 0.3) is 5.56 Å². The Balaban J connectivity index is 1.56. The molecule has 0 spiro atoms. The van der Waals surface area contributed by atoms with Gasteiger partial charge >= 0.3 is 5.97 Å². The fourth-order valence-corrected chi connectivity index (χ4v) is 6.85. The van der Waals surface area contributed by atoms with E-state index in [1.165, 1.54) is 30.9 Å². The summed E-state index contributed by atoms with van der Waals surface area (Å²) in [6, 6.07) is 19.3. The third kappa shape index (κ3) is 4.67. The molecule has 9 heteroatoms. The van der Waals surface area contributed by atoms with Crippen LogP contribution in [0.3, 0.4) is 0 Å². The predicted octanol–water partition coefficient (Wildman–Crippen LogP) is 5.67. The van der Waals surface area contributed by atoms with Crippen LogP contribution in [0.4, 0.5) is 0 Å². The van der Waals surface area contributed by atoms with Crippen molar-refractivity contribution in [3.63, 3.8) is 0 Å². The quantitative estimate of drug-likeness (QED) is 0.218. The zero-order valence-electron chi connectivity index (χ0n) is 21.0. The summed E-state index contributed by atoms with van der Waals surface area (Å²) >= 11 is 11.0. The monoisotopic (exact) mass is 620 g/mol. The molecule has 0 N–H and O–H groups in total. The van der Waals surface area contributed by atoms with E-state index in [1.54, 1.807) is 16.7 Å². The summed E-state index contributed by atoms with van der Waals surface area (Å²) < 4.78 is 13.6. The minimum absolute atomic E-state index is 0.122. The average molecular weight is 622 g/mol. The fourth-order valence-electron chi connectivity index (χ4n) is 5.18. The third-order valence-corrected chi connectivity index (χ3v) is 8.68. The lowest BCUT2D eigenvalue weighted by molar-refractivity contribution is -0.132. The number of benzene rings is 3. The van der Waals surface area contributed by atoms with Crippen LogP contribution >= 0.6 is 38.9 Å². The lowest BCUT2D eigenvalue weighted by Crippen LogP contribution is -2.38.